The predicted octanol–water partition coefficient (Wildman–Crippen LogP) is 2.63. The van der Waals surface area contributed by atoms with Crippen LogP contribution in [-0.2, 0) is 4.79 Å². The van der Waals surface area contributed by atoms with Gasteiger partial charge in [0.2, 0.25) is 17.8 Å². The smallest absolute Gasteiger partial charge is 0.224 e. The Morgan fingerprint density at radius 3 is 2.54 bits per heavy atom. The number of hydrogen-bond acceptors (Lipinski definition) is 9. The van der Waals surface area contributed by atoms with Crippen LogP contribution in [0.15, 0.2) is 30.5 Å². The zero-order valence-corrected chi connectivity index (χ0v) is 21.8. The summed E-state index contributed by atoms with van der Waals surface area (Å²) in [6.07, 6.45) is 6.22. The van der Waals surface area contributed by atoms with Crippen LogP contribution in [0.5, 0.6) is 0 Å². The van der Waals surface area contributed by atoms with E-state index in [9.17, 15) is 19.4 Å². The van der Waals surface area contributed by atoms with E-state index in [2.05, 4.69) is 20.9 Å². The summed E-state index contributed by atoms with van der Waals surface area (Å²) in [6.45, 7) is -0.384. The first kappa shape index (κ1) is 27.2. The van der Waals surface area contributed by atoms with Gasteiger partial charge in [-0.1, -0.05) is 12.1 Å². The Hall–Kier alpha value is -3.35. The molecule has 1 amide bonds. The Kier molecular flexibility index (Phi) is 8.53. The fourth-order valence-corrected chi connectivity index (χ4v) is 5.50. The molecule has 39 heavy (non-hydrogen) atoms. The monoisotopic (exact) mass is 541 g/mol. The first-order chi connectivity index (χ1) is 18.9. The number of aliphatic hydroxyl groups excluding tert-OH is 3. The molecule has 11 nitrogen and oxygen atoms in total. The van der Waals surface area contributed by atoms with Crippen LogP contribution in [0.1, 0.15) is 57.4 Å². The molecular weight excluding hydrogens is 505 g/mol. The molecule has 2 aliphatic carbocycles. The van der Waals surface area contributed by atoms with Gasteiger partial charge in [0.25, 0.3) is 0 Å². The Morgan fingerprint density at radius 2 is 1.82 bits per heavy atom. The van der Waals surface area contributed by atoms with Gasteiger partial charge < -0.3 is 31.3 Å². The van der Waals surface area contributed by atoms with Crippen LogP contribution in [0.3, 0.4) is 0 Å². The Balaban J connectivity index is 1.38. The molecule has 12 heteroatoms. The molecular formula is C27H36FN7O4. The van der Waals surface area contributed by atoms with Crippen LogP contribution in [-0.4, -0.2) is 72.1 Å². The number of carbonyl (C=O) groups excluding carboxylic acids is 1. The summed E-state index contributed by atoms with van der Waals surface area (Å²) < 4.78 is 16.5. The van der Waals surface area contributed by atoms with Crippen molar-refractivity contribution < 1.29 is 24.5 Å². The SMILES string of the molecule is O=C(NC[C@H](O)CO)[C@H]1CC[C@@H](n2c(Nc3ccccc3F)nc3cnc(N[C@H]4CC[C@H](O)CC4)nc32)CC1. The van der Waals surface area contributed by atoms with Gasteiger partial charge in [-0.2, -0.15) is 4.98 Å². The van der Waals surface area contributed by atoms with E-state index in [1.807, 2.05) is 4.57 Å². The van der Waals surface area contributed by atoms with Crippen LogP contribution in [0.25, 0.3) is 11.2 Å². The average Bonchev–Trinajstić information content (AvgIpc) is 3.31. The maximum Gasteiger partial charge on any atom is 0.224 e. The van der Waals surface area contributed by atoms with Crippen molar-refractivity contribution in [3.05, 3.63) is 36.3 Å². The van der Waals surface area contributed by atoms with Crippen molar-refractivity contribution in [2.45, 2.75) is 75.7 Å². The Bertz CT molecular complexity index is 1270. The molecule has 2 saturated carbocycles. The fraction of sp³-hybridized carbons (Fsp3) is 0.556. The summed E-state index contributed by atoms with van der Waals surface area (Å²) in [6, 6.07) is 6.56. The molecule has 0 spiro atoms. The molecule has 2 heterocycles. The summed E-state index contributed by atoms with van der Waals surface area (Å²) in [5, 5.41) is 37.6. The average molecular weight is 542 g/mol. The summed E-state index contributed by atoms with van der Waals surface area (Å²) in [5.74, 6) is 0.222. The van der Waals surface area contributed by atoms with Crippen molar-refractivity contribution in [1.29, 1.82) is 0 Å². The first-order valence-electron chi connectivity index (χ1n) is 13.7. The molecule has 6 N–H and O–H groups in total. The van der Waals surface area contributed by atoms with Crippen molar-refractivity contribution >= 4 is 34.7 Å². The zero-order valence-electron chi connectivity index (χ0n) is 21.8. The van der Waals surface area contributed by atoms with E-state index in [0.717, 1.165) is 25.7 Å². The number of anilines is 3. The minimum Gasteiger partial charge on any atom is -0.394 e. The number of benzene rings is 1. The summed E-state index contributed by atoms with van der Waals surface area (Å²) >= 11 is 0. The quantitative estimate of drug-likeness (QED) is 0.240. The highest BCUT2D eigenvalue weighted by Gasteiger charge is 2.30. The van der Waals surface area contributed by atoms with E-state index in [4.69, 9.17) is 15.1 Å². The van der Waals surface area contributed by atoms with E-state index in [1.165, 1.54) is 6.07 Å². The molecule has 0 aliphatic heterocycles. The lowest BCUT2D eigenvalue weighted by molar-refractivity contribution is -0.126. The summed E-state index contributed by atoms with van der Waals surface area (Å²) in [5.41, 5.74) is 1.51. The summed E-state index contributed by atoms with van der Waals surface area (Å²) in [7, 11) is 0. The standard InChI is InChI=1S/C27H36FN7O4/c28-21-3-1-2-4-22(21)32-27-33-23-14-30-26(31-17-7-11-19(37)12-8-17)34-24(23)35(27)18-9-5-16(6-10-18)25(39)29-13-20(38)15-36/h1-4,14,16-20,36-38H,5-13,15H2,(H,29,39)(H,32,33)(H,30,31,34)/t16-,17-,18+,19-,20-/m0/s1. The van der Waals surface area contributed by atoms with E-state index in [0.29, 0.717) is 54.4 Å². The Labute approximate surface area is 225 Å². The molecule has 2 aromatic heterocycles. The van der Waals surface area contributed by atoms with Gasteiger partial charge in [0.15, 0.2) is 5.65 Å². The molecule has 3 aromatic rings. The molecule has 2 aliphatic rings. The number of nitrogens with one attached hydrogen (secondary N) is 3. The normalized spacial score (nSPS) is 24.3. The third-order valence-corrected chi connectivity index (χ3v) is 7.74. The van der Waals surface area contributed by atoms with E-state index < -0.39 is 18.5 Å². The zero-order chi connectivity index (χ0) is 27.4. The van der Waals surface area contributed by atoms with Crippen molar-refractivity contribution in [3.8, 4) is 0 Å². The highest BCUT2D eigenvalue weighted by Crippen LogP contribution is 2.37. The van der Waals surface area contributed by atoms with Crippen molar-refractivity contribution in [1.82, 2.24) is 24.8 Å². The van der Waals surface area contributed by atoms with Gasteiger partial charge in [0.05, 0.1) is 30.7 Å². The van der Waals surface area contributed by atoms with Gasteiger partial charge in [-0.05, 0) is 63.5 Å². The third-order valence-electron chi connectivity index (χ3n) is 7.74. The topological polar surface area (TPSA) is 157 Å². The molecule has 1 atom stereocenters. The lowest BCUT2D eigenvalue weighted by Gasteiger charge is -2.30. The molecule has 0 radical (unpaired) electrons. The van der Waals surface area contributed by atoms with Gasteiger partial charge >= 0.3 is 0 Å². The lowest BCUT2D eigenvalue weighted by atomic mass is 9.85. The van der Waals surface area contributed by atoms with E-state index in [-0.39, 0.29) is 36.6 Å². The molecule has 0 saturated heterocycles. The minimum absolute atomic E-state index is 0.0186. The van der Waals surface area contributed by atoms with Crippen molar-refractivity contribution in [3.63, 3.8) is 0 Å². The highest BCUT2D eigenvalue weighted by molar-refractivity contribution is 5.79. The largest absolute Gasteiger partial charge is 0.394 e. The van der Waals surface area contributed by atoms with Crippen LogP contribution in [0.4, 0.5) is 22.0 Å². The number of halogens is 1. The minimum atomic E-state index is -0.976. The second-order valence-electron chi connectivity index (χ2n) is 10.5. The fourth-order valence-electron chi connectivity index (χ4n) is 5.50. The maximum absolute atomic E-state index is 14.5. The molecule has 2 fully saturated rings. The van der Waals surface area contributed by atoms with Gasteiger partial charge in [-0.25, -0.2) is 14.4 Å². The second-order valence-corrected chi connectivity index (χ2v) is 10.5. The number of para-hydroxylation sites is 1. The van der Waals surface area contributed by atoms with Gasteiger partial charge in [0.1, 0.15) is 11.3 Å². The number of carbonyl (C=O) groups is 1. The van der Waals surface area contributed by atoms with Gasteiger partial charge in [-0.15, -0.1) is 0 Å². The molecule has 0 unspecified atom stereocenters. The van der Waals surface area contributed by atoms with E-state index in [1.54, 1.807) is 24.4 Å². The van der Waals surface area contributed by atoms with Gasteiger partial charge in [-0.3, -0.25) is 9.36 Å². The second kappa shape index (κ2) is 12.2. The summed E-state index contributed by atoms with van der Waals surface area (Å²) in [4.78, 5) is 26.6. The number of rotatable bonds is 9. The number of aromatic nitrogens is 4. The maximum atomic E-state index is 14.5. The highest BCUT2D eigenvalue weighted by atomic mass is 19.1. The number of nitrogens with zero attached hydrogens (tertiary/aromatic N) is 4. The molecule has 1 aromatic carbocycles. The molecule has 5 rings (SSSR count). The molecule has 210 valence electrons. The predicted molar refractivity (Wildman–Crippen MR) is 144 cm³/mol. The molecule has 0 bridgehead atoms. The van der Waals surface area contributed by atoms with Crippen molar-refractivity contribution in [2.24, 2.45) is 5.92 Å². The number of amides is 1. The van der Waals surface area contributed by atoms with E-state index >= 15 is 0 Å². The number of aliphatic hydroxyl groups is 3. The van der Waals surface area contributed by atoms with Crippen molar-refractivity contribution in [2.75, 3.05) is 23.8 Å². The van der Waals surface area contributed by atoms with Crippen LogP contribution in [0.2, 0.25) is 0 Å². The number of imidazole rings is 1. The third kappa shape index (κ3) is 6.45. The van der Waals surface area contributed by atoms with Gasteiger partial charge in [0, 0.05) is 24.5 Å². The first-order valence-corrected chi connectivity index (χ1v) is 13.7. The Morgan fingerprint density at radius 1 is 1.08 bits per heavy atom. The van der Waals surface area contributed by atoms with Crippen LogP contribution >= 0.6 is 0 Å². The lowest BCUT2D eigenvalue weighted by Crippen LogP contribution is -2.39. The number of hydrogen-bond donors (Lipinski definition) is 6. The number of fused-ring (bicyclic) bond motifs is 1. The van der Waals surface area contributed by atoms with Crippen LogP contribution in [0, 0.1) is 11.7 Å². The van der Waals surface area contributed by atoms with Crippen LogP contribution < -0.4 is 16.0 Å².